The molecule has 0 aromatic heterocycles. The molecule has 21 heavy (non-hydrogen) atoms. The summed E-state index contributed by atoms with van der Waals surface area (Å²) in [6, 6.07) is 5.44. The van der Waals surface area contributed by atoms with Gasteiger partial charge in [0.15, 0.2) is 0 Å². The van der Waals surface area contributed by atoms with Crippen LogP contribution in [0.5, 0.6) is 0 Å². The van der Waals surface area contributed by atoms with E-state index in [4.69, 9.17) is 46.4 Å². The quantitative estimate of drug-likeness (QED) is 0.661. The molecule has 0 saturated carbocycles. The fourth-order valence-corrected chi connectivity index (χ4v) is 4.29. The number of sulfone groups is 1. The van der Waals surface area contributed by atoms with Crippen LogP contribution in [0.15, 0.2) is 34.1 Å². The third kappa shape index (κ3) is 3.17. The smallest absolute Gasteiger partial charge is 0.206 e. The number of hydrogen-bond acceptors (Lipinski definition) is 2. The van der Waals surface area contributed by atoms with Gasteiger partial charge in [-0.1, -0.05) is 46.4 Å². The zero-order valence-electron chi connectivity index (χ0n) is 11.0. The molecule has 0 unspecified atom stereocenters. The number of halogens is 4. The van der Waals surface area contributed by atoms with E-state index in [0.717, 1.165) is 0 Å². The molecule has 0 spiro atoms. The highest BCUT2D eigenvalue weighted by Crippen LogP contribution is 2.34. The fraction of sp³-hybridized carbons (Fsp3) is 0.143. The fourth-order valence-electron chi connectivity index (χ4n) is 1.69. The van der Waals surface area contributed by atoms with E-state index in [1.807, 2.05) is 0 Å². The summed E-state index contributed by atoms with van der Waals surface area (Å²) in [5.41, 5.74) is 1.24. The van der Waals surface area contributed by atoms with E-state index in [1.54, 1.807) is 13.8 Å². The van der Waals surface area contributed by atoms with E-state index in [0.29, 0.717) is 11.1 Å². The van der Waals surface area contributed by atoms with Crippen LogP contribution in [0.2, 0.25) is 20.1 Å². The van der Waals surface area contributed by atoms with Gasteiger partial charge in [-0.25, -0.2) is 8.42 Å². The topological polar surface area (TPSA) is 34.1 Å². The highest BCUT2D eigenvalue weighted by atomic mass is 35.5. The summed E-state index contributed by atoms with van der Waals surface area (Å²) in [5.74, 6) is 0. The maximum Gasteiger partial charge on any atom is 0.206 e. The molecule has 112 valence electrons. The highest BCUT2D eigenvalue weighted by molar-refractivity contribution is 7.91. The zero-order chi connectivity index (χ0) is 15.9. The van der Waals surface area contributed by atoms with Crippen molar-refractivity contribution in [3.63, 3.8) is 0 Å². The van der Waals surface area contributed by atoms with E-state index in [-0.39, 0.29) is 29.9 Å². The van der Waals surface area contributed by atoms with Gasteiger partial charge in [0.05, 0.1) is 9.79 Å². The lowest BCUT2D eigenvalue weighted by Gasteiger charge is -2.10. The van der Waals surface area contributed by atoms with Crippen LogP contribution in [0.25, 0.3) is 0 Å². The molecule has 0 aliphatic carbocycles. The van der Waals surface area contributed by atoms with Crippen molar-refractivity contribution in [1.29, 1.82) is 0 Å². The molecule has 7 heteroatoms. The average Bonchev–Trinajstić information content (AvgIpc) is 2.40. The van der Waals surface area contributed by atoms with Crippen LogP contribution in [-0.2, 0) is 9.84 Å². The third-order valence-electron chi connectivity index (χ3n) is 3.13. The Morgan fingerprint density at radius 3 is 1.14 bits per heavy atom. The van der Waals surface area contributed by atoms with Gasteiger partial charge in [0, 0.05) is 20.1 Å². The van der Waals surface area contributed by atoms with Crippen molar-refractivity contribution in [2.24, 2.45) is 0 Å². The molecular weight excluding hydrogens is 374 g/mol. The highest BCUT2D eigenvalue weighted by Gasteiger charge is 2.22. The first kappa shape index (κ1) is 16.9. The van der Waals surface area contributed by atoms with Crippen LogP contribution in [0.4, 0.5) is 0 Å². The molecule has 0 atom stereocenters. The van der Waals surface area contributed by atoms with Crippen LogP contribution in [0, 0.1) is 13.8 Å². The third-order valence-corrected chi connectivity index (χ3v) is 6.41. The van der Waals surface area contributed by atoms with Crippen molar-refractivity contribution < 1.29 is 8.42 Å². The predicted octanol–water partition coefficient (Wildman–Crippen LogP) is 5.75. The summed E-state index contributed by atoms with van der Waals surface area (Å²) in [6.07, 6.45) is 0. The average molecular weight is 384 g/mol. The summed E-state index contributed by atoms with van der Waals surface area (Å²) in [5, 5.41) is 1.13. The minimum Gasteiger partial charge on any atom is -0.219 e. The molecule has 2 rings (SSSR count). The Hall–Kier alpha value is -0.450. The molecule has 0 aliphatic heterocycles. The molecule has 2 nitrogen and oxygen atoms in total. The maximum atomic E-state index is 12.6. The second-order valence-electron chi connectivity index (χ2n) is 4.53. The first-order chi connectivity index (χ1) is 9.64. The molecule has 0 aliphatic rings. The zero-order valence-corrected chi connectivity index (χ0v) is 14.9. The van der Waals surface area contributed by atoms with Crippen molar-refractivity contribution in [3.8, 4) is 0 Å². The van der Waals surface area contributed by atoms with E-state index >= 15 is 0 Å². The first-order valence-corrected chi connectivity index (χ1v) is 8.80. The molecule has 2 aromatic carbocycles. The van der Waals surface area contributed by atoms with Crippen LogP contribution >= 0.6 is 46.4 Å². The van der Waals surface area contributed by atoms with Crippen molar-refractivity contribution >= 4 is 56.2 Å². The standard InChI is InChI=1S/C14H10Cl4O2S/c1-7-11(15)3-9(4-12(7)16)21(19,20)10-5-13(17)8(2)14(18)6-10/h3-6H,1-2H3. The van der Waals surface area contributed by atoms with Gasteiger partial charge in [0.1, 0.15) is 0 Å². The molecule has 2 aromatic rings. The van der Waals surface area contributed by atoms with Crippen LogP contribution in [0.3, 0.4) is 0 Å². The number of rotatable bonds is 2. The van der Waals surface area contributed by atoms with E-state index in [1.165, 1.54) is 24.3 Å². The lowest BCUT2D eigenvalue weighted by atomic mass is 10.2. The van der Waals surface area contributed by atoms with Gasteiger partial charge in [0.25, 0.3) is 0 Å². The Bertz CT molecular complexity index is 719. The van der Waals surface area contributed by atoms with Gasteiger partial charge in [0.2, 0.25) is 9.84 Å². The predicted molar refractivity (Wildman–Crippen MR) is 87.8 cm³/mol. The Balaban J connectivity index is 2.68. The summed E-state index contributed by atoms with van der Waals surface area (Å²) in [4.78, 5) is -0.00169. The lowest BCUT2D eigenvalue weighted by molar-refractivity contribution is 0.596. The maximum absolute atomic E-state index is 12.6. The Morgan fingerprint density at radius 2 is 0.905 bits per heavy atom. The Morgan fingerprint density at radius 1 is 0.667 bits per heavy atom. The van der Waals surface area contributed by atoms with Gasteiger partial charge in [-0.2, -0.15) is 0 Å². The Kier molecular flexibility index (Phi) is 4.81. The molecular formula is C14H10Cl4O2S. The normalized spacial score (nSPS) is 11.7. The van der Waals surface area contributed by atoms with Gasteiger partial charge in [-0.3, -0.25) is 0 Å². The van der Waals surface area contributed by atoms with Gasteiger partial charge < -0.3 is 0 Å². The summed E-state index contributed by atoms with van der Waals surface area (Å²) in [7, 11) is -3.80. The molecule has 0 N–H and O–H groups in total. The lowest BCUT2D eigenvalue weighted by Crippen LogP contribution is -2.03. The van der Waals surface area contributed by atoms with E-state index in [9.17, 15) is 8.42 Å². The number of benzene rings is 2. The van der Waals surface area contributed by atoms with Crippen LogP contribution in [-0.4, -0.2) is 8.42 Å². The summed E-state index contributed by atoms with van der Waals surface area (Å²) >= 11 is 24.0. The second kappa shape index (κ2) is 5.98. The second-order valence-corrected chi connectivity index (χ2v) is 8.11. The van der Waals surface area contributed by atoms with Gasteiger partial charge >= 0.3 is 0 Å². The van der Waals surface area contributed by atoms with Crippen LogP contribution in [0.1, 0.15) is 11.1 Å². The van der Waals surface area contributed by atoms with Crippen molar-refractivity contribution in [2.75, 3.05) is 0 Å². The molecule has 0 radical (unpaired) electrons. The molecule has 0 fully saturated rings. The number of hydrogen-bond donors (Lipinski definition) is 0. The van der Waals surface area contributed by atoms with Crippen molar-refractivity contribution in [3.05, 3.63) is 55.5 Å². The van der Waals surface area contributed by atoms with Crippen LogP contribution < -0.4 is 0 Å². The molecule has 0 heterocycles. The van der Waals surface area contributed by atoms with Crippen molar-refractivity contribution in [2.45, 2.75) is 23.6 Å². The SMILES string of the molecule is Cc1c(Cl)cc(S(=O)(=O)c2cc(Cl)c(C)c(Cl)c2)cc1Cl. The van der Waals surface area contributed by atoms with E-state index < -0.39 is 9.84 Å². The van der Waals surface area contributed by atoms with Gasteiger partial charge in [-0.05, 0) is 49.2 Å². The van der Waals surface area contributed by atoms with E-state index in [2.05, 4.69) is 0 Å². The summed E-state index contributed by atoms with van der Waals surface area (Å²) in [6.45, 7) is 3.42. The monoisotopic (exact) mass is 382 g/mol. The van der Waals surface area contributed by atoms with Gasteiger partial charge in [-0.15, -0.1) is 0 Å². The minimum absolute atomic E-state index is 0.000846. The largest absolute Gasteiger partial charge is 0.219 e. The Labute approximate surface area is 143 Å². The minimum atomic E-state index is -3.80. The summed E-state index contributed by atoms with van der Waals surface area (Å²) < 4.78 is 25.3. The molecule has 0 amide bonds. The first-order valence-electron chi connectivity index (χ1n) is 5.81. The van der Waals surface area contributed by atoms with Crippen molar-refractivity contribution in [1.82, 2.24) is 0 Å². The molecule has 0 saturated heterocycles. The molecule has 0 bridgehead atoms.